The Kier molecular flexibility index (Phi) is 4.97. The van der Waals surface area contributed by atoms with Crippen LogP contribution >= 0.6 is 11.6 Å². The third kappa shape index (κ3) is 3.78. The molecule has 6 heteroatoms. The Morgan fingerprint density at radius 1 is 0.800 bits per heavy atom. The quantitative estimate of drug-likeness (QED) is 0.635. The van der Waals surface area contributed by atoms with Crippen molar-refractivity contribution in [2.24, 2.45) is 0 Å². The zero-order chi connectivity index (χ0) is 17.9. The number of hydrogen-bond acceptors (Lipinski definition) is 3. The lowest BCUT2D eigenvalue weighted by molar-refractivity contribution is 0.482. The fourth-order valence-corrected chi connectivity index (χ4v) is 3.98. The lowest BCUT2D eigenvalue weighted by Gasteiger charge is -2.20. The molecule has 128 valence electrons. The Labute approximate surface area is 152 Å². The third-order valence-electron chi connectivity index (χ3n) is 3.65. The molecule has 0 aliphatic carbocycles. The predicted molar refractivity (Wildman–Crippen MR) is 100.0 cm³/mol. The maximum absolute atomic E-state index is 12.7. The van der Waals surface area contributed by atoms with Gasteiger partial charge >= 0.3 is 0 Å². The first-order chi connectivity index (χ1) is 12.0. The van der Waals surface area contributed by atoms with Gasteiger partial charge in [0, 0.05) is 7.05 Å². The van der Waals surface area contributed by atoms with Gasteiger partial charge in [-0.25, -0.2) is 8.42 Å². The number of benzene rings is 3. The Balaban J connectivity index is 1.83. The van der Waals surface area contributed by atoms with Crippen LogP contribution in [0, 0.1) is 0 Å². The lowest BCUT2D eigenvalue weighted by atomic mass is 10.3. The molecule has 3 aromatic carbocycles. The van der Waals surface area contributed by atoms with Gasteiger partial charge in [-0.05, 0) is 48.5 Å². The number of hydrogen-bond donors (Lipinski definition) is 0. The summed E-state index contributed by atoms with van der Waals surface area (Å²) >= 11 is 6.03. The maximum Gasteiger partial charge on any atom is 0.265 e. The number of ether oxygens (including phenoxy) is 1. The molecule has 0 fully saturated rings. The number of nitrogens with zero attached hydrogens (tertiary/aromatic N) is 1. The summed E-state index contributed by atoms with van der Waals surface area (Å²) in [4.78, 5) is 0.0729. The van der Waals surface area contributed by atoms with Crippen molar-refractivity contribution < 1.29 is 13.2 Å². The van der Waals surface area contributed by atoms with Gasteiger partial charge in [0.1, 0.15) is 16.4 Å². The van der Waals surface area contributed by atoms with Crippen molar-refractivity contribution in [1.29, 1.82) is 0 Å². The normalized spacial score (nSPS) is 11.1. The second-order valence-corrected chi connectivity index (χ2v) is 7.66. The highest BCUT2D eigenvalue weighted by molar-refractivity contribution is 7.93. The van der Waals surface area contributed by atoms with Gasteiger partial charge in [-0.3, -0.25) is 4.31 Å². The summed E-state index contributed by atoms with van der Waals surface area (Å²) in [5.74, 6) is 1.34. The molecule has 4 nitrogen and oxygen atoms in total. The highest BCUT2D eigenvalue weighted by atomic mass is 35.5. The fourth-order valence-electron chi connectivity index (χ4n) is 2.29. The number of sulfonamides is 1. The molecular weight excluding hydrogens is 358 g/mol. The van der Waals surface area contributed by atoms with Crippen LogP contribution in [0.1, 0.15) is 0 Å². The molecule has 0 aliphatic rings. The minimum absolute atomic E-state index is 0.0729. The molecule has 0 atom stereocenters. The van der Waals surface area contributed by atoms with Crippen LogP contribution in [0.4, 0.5) is 5.69 Å². The minimum atomic E-state index is -3.73. The molecule has 0 bridgehead atoms. The van der Waals surface area contributed by atoms with Crippen molar-refractivity contribution in [2.75, 3.05) is 11.4 Å². The number of anilines is 1. The summed E-state index contributed by atoms with van der Waals surface area (Å²) < 4.78 is 32.4. The van der Waals surface area contributed by atoms with E-state index in [0.717, 1.165) is 0 Å². The lowest BCUT2D eigenvalue weighted by Crippen LogP contribution is -2.26. The zero-order valence-corrected chi connectivity index (χ0v) is 15.0. The van der Waals surface area contributed by atoms with Crippen LogP contribution < -0.4 is 9.04 Å². The molecule has 0 aromatic heterocycles. The van der Waals surface area contributed by atoms with E-state index in [9.17, 15) is 8.42 Å². The van der Waals surface area contributed by atoms with Crippen molar-refractivity contribution in [3.63, 3.8) is 0 Å². The second-order valence-electron chi connectivity index (χ2n) is 5.31. The molecule has 0 unspecified atom stereocenters. The van der Waals surface area contributed by atoms with Crippen LogP contribution in [-0.2, 0) is 10.0 Å². The third-order valence-corrected chi connectivity index (χ3v) is 5.94. The molecule has 0 aliphatic heterocycles. The van der Waals surface area contributed by atoms with Gasteiger partial charge in [0.15, 0.2) is 0 Å². The molecule has 0 N–H and O–H groups in total. The monoisotopic (exact) mass is 373 g/mol. The molecule has 0 amide bonds. The Bertz CT molecular complexity index is 957. The van der Waals surface area contributed by atoms with Crippen LogP contribution in [-0.4, -0.2) is 15.5 Å². The summed E-state index contributed by atoms with van der Waals surface area (Å²) in [7, 11) is -2.24. The number of rotatable bonds is 5. The molecule has 0 spiro atoms. The minimum Gasteiger partial charge on any atom is -0.457 e. The molecule has 3 rings (SSSR count). The van der Waals surface area contributed by atoms with E-state index in [4.69, 9.17) is 16.3 Å². The summed E-state index contributed by atoms with van der Waals surface area (Å²) in [5, 5.41) is 0.193. The molecule has 0 radical (unpaired) electrons. The largest absolute Gasteiger partial charge is 0.457 e. The summed E-state index contributed by atoms with van der Waals surface area (Å²) in [6.07, 6.45) is 0. The van der Waals surface area contributed by atoms with Gasteiger partial charge in [0.25, 0.3) is 10.0 Å². The second kappa shape index (κ2) is 7.17. The highest BCUT2D eigenvalue weighted by Gasteiger charge is 2.23. The summed E-state index contributed by atoms with van der Waals surface area (Å²) in [6.45, 7) is 0. The first-order valence-electron chi connectivity index (χ1n) is 7.55. The van der Waals surface area contributed by atoms with E-state index >= 15 is 0 Å². The van der Waals surface area contributed by atoms with Crippen LogP contribution in [0.5, 0.6) is 11.5 Å². The van der Waals surface area contributed by atoms with Crippen molar-refractivity contribution in [2.45, 2.75) is 4.90 Å². The van der Waals surface area contributed by atoms with E-state index in [1.807, 2.05) is 30.3 Å². The van der Waals surface area contributed by atoms with Gasteiger partial charge in [-0.15, -0.1) is 0 Å². The van der Waals surface area contributed by atoms with Gasteiger partial charge in [-0.1, -0.05) is 41.9 Å². The predicted octanol–water partition coefficient (Wildman–Crippen LogP) is 4.96. The average molecular weight is 374 g/mol. The van der Waals surface area contributed by atoms with Crippen LogP contribution in [0.15, 0.2) is 83.8 Å². The summed E-state index contributed by atoms with van der Waals surface area (Å²) in [5.41, 5.74) is 0.514. The highest BCUT2D eigenvalue weighted by Crippen LogP contribution is 2.29. The van der Waals surface area contributed by atoms with Crippen molar-refractivity contribution in [3.8, 4) is 11.5 Å². The van der Waals surface area contributed by atoms with Crippen molar-refractivity contribution >= 4 is 27.3 Å². The van der Waals surface area contributed by atoms with Gasteiger partial charge in [0.2, 0.25) is 0 Å². The fraction of sp³-hybridized carbons (Fsp3) is 0.0526. The van der Waals surface area contributed by atoms with E-state index in [2.05, 4.69) is 0 Å². The Hall–Kier alpha value is -2.50. The molecular formula is C19H16ClNO3S. The topological polar surface area (TPSA) is 46.6 Å². The molecule has 3 aromatic rings. The standard InChI is InChI=1S/C19H16ClNO3S/c1-21(25(22,23)19-10-6-5-9-18(19)20)15-11-13-17(14-12-15)24-16-7-3-2-4-8-16/h2-14H,1H3. The van der Waals surface area contributed by atoms with E-state index in [-0.39, 0.29) is 9.92 Å². The van der Waals surface area contributed by atoms with Crippen molar-refractivity contribution in [1.82, 2.24) is 0 Å². The van der Waals surface area contributed by atoms with Crippen LogP contribution in [0.3, 0.4) is 0 Å². The Morgan fingerprint density at radius 3 is 2.00 bits per heavy atom. The molecule has 0 heterocycles. The molecule has 25 heavy (non-hydrogen) atoms. The van der Waals surface area contributed by atoms with Gasteiger partial charge in [-0.2, -0.15) is 0 Å². The van der Waals surface area contributed by atoms with Crippen LogP contribution in [0.25, 0.3) is 0 Å². The maximum atomic E-state index is 12.7. The van der Waals surface area contributed by atoms with Crippen molar-refractivity contribution in [3.05, 3.63) is 83.9 Å². The number of halogens is 1. The first-order valence-corrected chi connectivity index (χ1v) is 9.37. The molecule has 0 saturated carbocycles. The van der Waals surface area contributed by atoms with E-state index in [0.29, 0.717) is 17.2 Å². The van der Waals surface area contributed by atoms with Gasteiger partial charge < -0.3 is 4.74 Å². The van der Waals surface area contributed by atoms with Crippen LogP contribution in [0.2, 0.25) is 5.02 Å². The summed E-state index contributed by atoms with van der Waals surface area (Å²) in [6, 6.07) is 22.6. The van der Waals surface area contributed by atoms with E-state index < -0.39 is 10.0 Å². The average Bonchev–Trinajstić information content (AvgIpc) is 2.63. The van der Waals surface area contributed by atoms with E-state index in [1.165, 1.54) is 17.4 Å². The number of para-hydroxylation sites is 1. The van der Waals surface area contributed by atoms with E-state index in [1.54, 1.807) is 42.5 Å². The Morgan fingerprint density at radius 2 is 1.36 bits per heavy atom. The first kappa shape index (κ1) is 17.3. The molecule has 0 saturated heterocycles. The SMILES string of the molecule is CN(c1ccc(Oc2ccccc2)cc1)S(=O)(=O)c1ccccc1Cl. The smallest absolute Gasteiger partial charge is 0.265 e. The van der Waals surface area contributed by atoms with Gasteiger partial charge in [0.05, 0.1) is 10.7 Å². The zero-order valence-electron chi connectivity index (χ0n) is 13.5.